The molecule has 0 saturated carbocycles. The summed E-state index contributed by atoms with van der Waals surface area (Å²) in [5.41, 5.74) is 1.09. The first-order valence-corrected chi connectivity index (χ1v) is 5.78. The molecule has 7 heteroatoms. The highest BCUT2D eigenvalue weighted by Crippen LogP contribution is 2.32. The monoisotopic (exact) mass is 300 g/mol. The third-order valence-electron chi connectivity index (χ3n) is 2.56. The lowest BCUT2D eigenvalue weighted by Crippen LogP contribution is -2.10. The maximum atomic E-state index is 13.4. The molecule has 0 bridgehead atoms. The molecule has 2 rings (SSSR count). The molecule has 0 radical (unpaired) electrons. The highest BCUT2D eigenvalue weighted by Gasteiger charge is 2.34. The van der Waals surface area contributed by atoms with Crippen LogP contribution in [0.5, 0.6) is 0 Å². The van der Waals surface area contributed by atoms with Crippen molar-refractivity contribution >= 4 is 11.9 Å². The minimum absolute atomic E-state index is 0.187. The van der Waals surface area contributed by atoms with Crippen LogP contribution in [-0.4, -0.2) is 6.21 Å². The first-order valence-electron chi connectivity index (χ1n) is 5.78. The van der Waals surface area contributed by atoms with Crippen molar-refractivity contribution in [3.8, 4) is 0 Å². The predicted molar refractivity (Wildman–Crippen MR) is 69.0 cm³/mol. The van der Waals surface area contributed by atoms with Gasteiger partial charge in [-0.2, -0.15) is 18.3 Å². The lowest BCUT2D eigenvalue weighted by molar-refractivity contribution is -0.140. The van der Waals surface area contributed by atoms with Gasteiger partial charge < -0.3 is 0 Å². The Bertz CT molecular complexity index is 650. The standard InChI is InChI=1S/C14H9F5N2/c15-12-7-13(16)11(14(17,18)19)6-9(12)8-20-21-10-4-2-1-3-5-10/h1-8,21H. The van der Waals surface area contributed by atoms with E-state index in [9.17, 15) is 22.0 Å². The highest BCUT2D eigenvalue weighted by molar-refractivity contribution is 5.81. The van der Waals surface area contributed by atoms with Gasteiger partial charge in [-0.15, -0.1) is 0 Å². The highest BCUT2D eigenvalue weighted by atomic mass is 19.4. The molecule has 110 valence electrons. The SMILES string of the molecule is Fc1cc(F)c(C(F)(F)F)cc1C=NNc1ccccc1. The Hall–Kier alpha value is -2.44. The average molecular weight is 300 g/mol. The average Bonchev–Trinajstić information content (AvgIpc) is 2.41. The molecule has 21 heavy (non-hydrogen) atoms. The van der Waals surface area contributed by atoms with Gasteiger partial charge in [0.1, 0.15) is 11.6 Å². The Kier molecular flexibility index (Phi) is 4.21. The van der Waals surface area contributed by atoms with Gasteiger partial charge in [0.05, 0.1) is 17.5 Å². The van der Waals surface area contributed by atoms with Crippen molar-refractivity contribution in [2.75, 3.05) is 5.43 Å². The molecule has 0 unspecified atom stereocenters. The number of anilines is 1. The van der Waals surface area contributed by atoms with Crippen LogP contribution in [0.3, 0.4) is 0 Å². The first-order chi connectivity index (χ1) is 9.88. The van der Waals surface area contributed by atoms with Gasteiger partial charge in [0.15, 0.2) is 0 Å². The fourth-order valence-corrected chi connectivity index (χ4v) is 1.57. The smallest absolute Gasteiger partial charge is 0.279 e. The maximum absolute atomic E-state index is 13.4. The number of hydrogen-bond donors (Lipinski definition) is 1. The molecule has 0 saturated heterocycles. The van der Waals surface area contributed by atoms with E-state index in [-0.39, 0.29) is 6.07 Å². The zero-order valence-corrected chi connectivity index (χ0v) is 10.5. The summed E-state index contributed by atoms with van der Waals surface area (Å²) in [4.78, 5) is 0. The lowest BCUT2D eigenvalue weighted by Gasteiger charge is -2.09. The van der Waals surface area contributed by atoms with Gasteiger partial charge in [-0.3, -0.25) is 5.43 Å². The van der Waals surface area contributed by atoms with Crippen LogP contribution < -0.4 is 5.43 Å². The van der Waals surface area contributed by atoms with E-state index in [0.29, 0.717) is 11.8 Å². The van der Waals surface area contributed by atoms with Gasteiger partial charge in [-0.1, -0.05) is 18.2 Å². The van der Waals surface area contributed by atoms with Gasteiger partial charge in [-0.05, 0) is 18.2 Å². The molecular formula is C14H9F5N2. The van der Waals surface area contributed by atoms with Crippen molar-refractivity contribution in [1.29, 1.82) is 0 Å². The van der Waals surface area contributed by atoms with Crippen LogP contribution in [-0.2, 0) is 6.18 Å². The van der Waals surface area contributed by atoms with Crippen molar-refractivity contribution in [2.24, 2.45) is 5.10 Å². The summed E-state index contributed by atoms with van der Waals surface area (Å²) in [5.74, 6) is -2.78. The van der Waals surface area contributed by atoms with Crippen LogP contribution in [0.4, 0.5) is 27.6 Å². The Morgan fingerprint density at radius 2 is 1.62 bits per heavy atom. The topological polar surface area (TPSA) is 24.4 Å². The molecule has 0 aliphatic rings. The van der Waals surface area contributed by atoms with Gasteiger partial charge in [0, 0.05) is 11.6 Å². The second-order valence-electron chi connectivity index (χ2n) is 4.09. The first kappa shape index (κ1) is 15.0. The number of benzene rings is 2. The molecule has 0 heterocycles. The number of halogens is 5. The van der Waals surface area contributed by atoms with Crippen LogP contribution in [0.1, 0.15) is 11.1 Å². The van der Waals surface area contributed by atoms with E-state index < -0.39 is 28.9 Å². The second kappa shape index (κ2) is 5.90. The minimum Gasteiger partial charge on any atom is -0.279 e. The van der Waals surface area contributed by atoms with Crippen LogP contribution in [0.15, 0.2) is 47.6 Å². The molecule has 0 aromatic heterocycles. The number of hydrogen-bond acceptors (Lipinski definition) is 2. The Labute approximate surface area is 116 Å². The molecule has 0 fully saturated rings. The molecule has 0 aliphatic carbocycles. The third kappa shape index (κ3) is 3.77. The Morgan fingerprint density at radius 1 is 0.952 bits per heavy atom. The molecule has 2 aromatic rings. The predicted octanol–water partition coefficient (Wildman–Crippen LogP) is 4.43. The van der Waals surface area contributed by atoms with Crippen molar-refractivity contribution in [1.82, 2.24) is 0 Å². The van der Waals surface area contributed by atoms with E-state index in [1.165, 1.54) is 0 Å². The van der Waals surface area contributed by atoms with Crippen LogP contribution in [0.2, 0.25) is 0 Å². The fraction of sp³-hybridized carbons (Fsp3) is 0.0714. The summed E-state index contributed by atoms with van der Waals surface area (Å²) >= 11 is 0. The van der Waals surface area contributed by atoms with Crippen molar-refractivity contribution < 1.29 is 22.0 Å². The largest absolute Gasteiger partial charge is 0.419 e. The molecule has 1 N–H and O–H groups in total. The number of nitrogens with one attached hydrogen (secondary N) is 1. The molecule has 0 aliphatic heterocycles. The van der Waals surface area contributed by atoms with Gasteiger partial charge in [0.25, 0.3) is 0 Å². The van der Waals surface area contributed by atoms with Gasteiger partial charge in [0.2, 0.25) is 0 Å². The van der Waals surface area contributed by atoms with Crippen LogP contribution >= 0.6 is 0 Å². The molecule has 2 nitrogen and oxygen atoms in total. The van der Waals surface area contributed by atoms with Gasteiger partial charge >= 0.3 is 6.18 Å². The van der Waals surface area contributed by atoms with Crippen molar-refractivity contribution in [3.05, 3.63) is 65.2 Å². The number of rotatable bonds is 3. The van der Waals surface area contributed by atoms with Crippen molar-refractivity contribution in [2.45, 2.75) is 6.18 Å². The minimum atomic E-state index is -4.90. The summed E-state index contributed by atoms with van der Waals surface area (Å²) in [5, 5.41) is 3.62. The van der Waals surface area contributed by atoms with E-state index in [0.717, 1.165) is 6.21 Å². The van der Waals surface area contributed by atoms with E-state index >= 15 is 0 Å². The normalized spacial score (nSPS) is 11.9. The molecule has 0 atom stereocenters. The summed E-state index contributed by atoms with van der Waals surface area (Å²) in [6, 6.07) is 9.10. The zero-order valence-electron chi connectivity index (χ0n) is 10.5. The quantitative estimate of drug-likeness (QED) is 0.506. The fourth-order valence-electron chi connectivity index (χ4n) is 1.57. The molecule has 0 spiro atoms. The lowest BCUT2D eigenvalue weighted by atomic mass is 10.1. The molecule has 2 aromatic carbocycles. The summed E-state index contributed by atoms with van der Waals surface area (Å²) in [6.07, 6.45) is -4.04. The summed E-state index contributed by atoms with van der Waals surface area (Å²) in [6.45, 7) is 0. The van der Waals surface area contributed by atoms with Crippen LogP contribution in [0, 0.1) is 11.6 Å². The van der Waals surface area contributed by atoms with E-state index in [2.05, 4.69) is 10.5 Å². The molecular weight excluding hydrogens is 291 g/mol. The second-order valence-corrected chi connectivity index (χ2v) is 4.09. The van der Waals surface area contributed by atoms with E-state index in [1.807, 2.05) is 0 Å². The van der Waals surface area contributed by atoms with Crippen molar-refractivity contribution in [3.63, 3.8) is 0 Å². The van der Waals surface area contributed by atoms with E-state index in [1.54, 1.807) is 30.3 Å². The number of hydrazone groups is 1. The third-order valence-corrected chi connectivity index (χ3v) is 2.56. The van der Waals surface area contributed by atoms with E-state index in [4.69, 9.17) is 0 Å². The molecule has 0 amide bonds. The van der Waals surface area contributed by atoms with Gasteiger partial charge in [-0.25, -0.2) is 8.78 Å². The van der Waals surface area contributed by atoms with Crippen LogP contribution in [0.25, 0.3) is 0 Å². The zero-order chi connectivity index (χ0) is 15.5. The Balaban J connectivity index is 2.24. The Morgan fingerprint density at radius 3 is 2.24 bits per heavy atom. The number of para-hydroxylation sites is 1. The summed E-state index contributed by atoms with van der Waals surface area (Å²) in [7, 11) is 0. The number of alkyl halides is 3. The number of nitrogens with zero attached hydrogens (tertiary/aromatic N) is 1. The summed E-state index contributed by atoms with van der Waals surface area (Å²) < 4.78 is 64.1. The maximum Gasteiger partial charge on any atom is 0.419 e.